The summed E-state index contributed by atoms with van der Waals surface area (Å²) in [5, 5.41) is 3.26. The minimum atomic E-state index is -3.68. The highest BCUT2D eigenvalue weighted by atomic mass is 35.5. The Morgan fingerprint density at radius 3 is 2.77 bits per heavy atom. The molecule has 0 spiro atoms. The van der Waals surface area contributed by atoms with Gasteiger partial charge >= 0.3 is 0 Å². The van der Waals surface area contributed by atoms with Gasteiger partial charge in [-0.05, 0) is 30.2 Å². The fourth-order valence-electron chi connectivity index (χ4n) is 3.26. The van der Waals surface area contributed by atoms with Crippen LogP contribution in [0.2, 0.25) is 0 Å². The minimum Gasteiger partial charge on any atom is -0.454 e. The average Bonchev–Trinajstić information content (AvgIpc) is 3.09. The third kappa shape index (κ3) is 3.25. The van der Waals surface area contributed by atoms with Gasteiger partial charge in [-0.3, -0.25) is 4.98 Å². The number of piperazine rings is 1. The van der Waals surface area contributed by atoms with Gasteiger partial charge in [0.05, 0.1) is 10.9 Å². The Hall–Kier alpha value is -1.87. The predicted molar refractivity (Wildman–Crippen MR) is 98.3 cm³/mol. The highest BCUT2D eigenvalue weighted by Gasteiger charge is 2.36. The SMILES string of the molecule is Cc1cc2c(cc1S(=O)(=O)N1CCNCC1c1cccnc1)OCO2.Cl. The smallest absolute Gasteiger partial charge is 0.244 e. The van der Waals surface area contributed by atoms with Crippen LogP contribution in [-0.2, 0) is 10.0 Å². The van der Waals surface area contributed by atoms with Gasteiger partial charge in [-0.1, -0.05) is 6.07 Å². The summed E-state index contributed by atoms with van der Waals surface area (Å²) >= 11 is 0. The number of ether oxygens (including phenoxy) is 2. The van der Waals surface area contributed by atoms with Crippen LogP contribution in [0, 0.1) is 6.92 Å². The fourth-order valence-corrected chi connectivity index (χ4v) is 5.10. The summed E-state index contributed by atoms with van der Waals surface area (Å²) in [5.74, 6) is 1.05. The summed E-state index contributed by atoms with van der Waals surface area (Å²) in [5.41, 5.74) is 1.52. The Kier molecular flexibility index (Phi) is 5.38. The van der Waals surface area contributed by atoms with Gasteiger partial charge in [-0.2, -0.15) is 4.31 Å². The zero-order chi connectivity index (χ0) is 17.4. The second-order valence-corrected chi connectivity index (χ2v) is 7.95. The molecule has 7 nitrogen and oxygen atoms in total. The number of aryl methyl sites for hydroxylation is 1. The van der Waals surface area contributed by atoms with Crippen LogP contribution in [0.15, 0.2) is 41.6 Å². The molecule has 1 unspecified atom stereocenters. The number of aromatic nitrogens is 1. The second kappa shape index (κ2) is 7.40. The Balaban J connectivity index is 0.00000196. The molecule has 2 aliphatic heterocycles. The van der Waals surface area contributed by atoms with Crippen molar-refractivity contribution in [1.29, 1.82) is 0 Å². The van der Waals surface area contributed by atoms with Gasteiger partial charge in [-0.15, -0.1) is 12.4 Å². The number of halogens is 1. The number of nitrogens with zero attached hydrogens (tertiary/aromatic N) is 2. The van der Waals surface area contributed by atoms with E-state index in [0.717, 1.165) is 5.56 Å². The first kappa shape index (κ1) is 18.9. The molecule has 2 aliphatic rings. The van der Waals surface area contributed by atoms with E-state index in [1.165, 1.54) is 0 Å². The summed E-state index contributed by atoms with van der Waals surface area (Å²) in [6.45, 7) is 3.45. The molecule has 0 radical (unpaired) electrons. The van der Waals surface area contributed by atoms with Gasteiger partial charge in [0.25, 0.3) is 0 Å². The highest BCUT2D eigenvalue weighted by Crippen LogP contribution is 2.38. The highest BCUT2D eigenvalue weighted by molar-refractivity contribution is 7.89. The zero-order valence-corrected chi connectivity index (χ0v) is 15.8. The van der Waals surface area contributed by atoms with Gasteiger partial charge in [0.1, 0.15) is 0 Å². The first-order valence-electron chi connectivity index (χ1n) is 8.10. The molecule has 3 heterocycles. The monoisotopic (exact) mass is 397 g/mol. The van der Waals surface area contributed by atoms with E-state index in [-0.39, 0.29) is 30.1 Å². The lowest BCUT2D eigenvalue weighted by Crippen LogP contribution is -2.48. The molecule has 1 fully saturated rings. The standard InChI is InChI=1S/C17H19N3O4S.ClH/c1-12-7-15-16(24-11-23-15)8-17(12)25(21,22)20-6-5-19-10-14(20)13-3-2-4-18-9-13;/h2-4,7-9,14,19H,5-6,10-11H2,1H3;1H. The molecule has 1 aromatic carbocycles. The van der Waals surface area contributed by atoms with Crippen molar-refractivity contribution in [2.24, 2.45) is 0 Å². The lowest BCUT2D eigenvalue weighted by Gasteiger charge is -2.35. The molecular weight excluding hydrogens is 378 g/mol. The number of benzene rings is 1. The van der Waals surface area contributed by atoms with Crippen LogP contribution < -0.4 is 14.8 Å². The summed E-state index contributed by atoms with van der Waals surface area (Å²) in [7, 11) is -3.68. The van der Waals surface area contributed by atoms with E-state index in [1.54, 1.807) is 35.8 Å². The number of sulfonamides is 1. The Morgan fingerprint density at radius 2 is 2.04 bits per heavy atom. The van der Waals surface area contributed by atoms with E-state index < -0.39 is 10.0 Å². The number of hydrogen-bond acceptors (Lipinski definition) is 6. The van der Waals surface area contributed by atoms with E-state index in [0.29, 0.717) is 36.7 Å². The molecule has 0 saturated carbocycles. The quantitative estimate of drug-likeness (QED) is 0.851. The summed E-state index contributed by atoms with van der Waals surface area (Å²) in [6.07, 6.45) is 3.40. The molecule has 1 aromatic heterocycles. The van der Waals surface area contributed by atoms with Crippen LogP contribution >= 0.6 is 12.4 Å². The van der Waals surface area contributed by atoms with Crippen molar-refractivity contribution >= 4 is 22.4 Å². The number of rotatable bonds is 3. The van der Waals surface area contributed by atoms with Crippen LogP contribution in [0.25, 0.3) is 0 Å². The van der Waals surface area contributed by atoms with Crippen molar-refractivity contribution in [3.8, 4) is 11.5 Å². The number of fused-ring (bicyclic) bond motifs is 1. The van der Waals surface area contributed by atoms with E-state index in [1.807, 2.05) is 12.1 Å². The molecule has 0 amide bonds. The molecule has 0 bridgehead atoms. The molecule has 26 heavy (non-hydrogen) atoms. The molecule has 1 atom stereocenters. The van der Waals surface area contributed by atoms with Crippen molar-refractivity contribution in [2.45, 2.75) is 17.9 Å². The van der Waals surface area contributed by atoms with Gasteiger partial charge in [0, 0.05) is 38.1 Å². The molecule has 2 aromatic rings. The van der Waals surface area contributed by atoms with E-state index >= 15 is 0 Å². The van der Waals surface area contributed by atoms with Gasteiger partial charge in [-0.25, -0.2) is 8.42 Å². The van der Waals surface area contributed by atoms with Crippen LogP contribution in [0.4, 0.5) is 0 Å². The van der Waals surface area contributed by atoms with Crippen molar-refractivity contribution in [3.05, 3.63) is 47.8 Å². The van der Waals surface area contributed by atoms with Crippen molar-refractivity contribution < 1.29 is 17.9 Å². The van der Waals surface area contributed by atoms with Crippen LogP contribution in [0.1, 0.15) is 17.2 Å². The van der Waals surface area contributed by atoms with Crippen molar-refractivity contribution in [2.75, 3.05) is 26.4 Å². The average molecular weight is 398 g/mol. The molecule has 140 valence electrons. The maximum atomic E-state index is 13.4. The molecule has 1 N–H and O–H groups in total. The predicted octanol–water partition coefficient (Wildman–Crippen LogP) is 1.88. The van der Waals surface area contributed by atoms with E-state index in [9.17, 15) is 8.42 Å². The minimum absolute atomic E-state index is 0. The van der Waals surface area contributed by atoms with E-state index in [4.69, 9.17) is 9.47 Å². The Labute approximate surface area is 158 Å². The fraction of sp³-hybridized carbons (Fsp3) is 0.353. The third-order valence-corrected chi connectivity index (χ3v) is 6.57. The van der Waals surface area contributed by atoms with Crippen molar-refractivity contribution in [1.82, 2.24) is 14.6 Å². The molecule has 0 aliphatic carbocycles. The number of pyridine rings is 1. The van der Waals surface area contributed by atoms with Crippen LogP contribution in [0.5, 0.6) is 11.5 Å². The Bertz CT molecular complexity index is 892. The largest absolute Gasteiger partial charge is 0.454 e. The van der Waals surface area contributed by atoms with Crippen LogP contribution in [0.3, 0.4) is 0 Å². The molecule has 9 heteroatoms. The summed E-state index contributed by atoms with van der Waals surface area (Å²) in [4.78, 5) is 4.39. The zero-order valence-electron chi connectivity index (χ0n) is 14.2. The first-order chi connectivity index (χ1) is 12.1. The topological polar surface area (TPSA) is 80.8 Å². The van der Waals surface area contributed by atoms with Crippen molar-refractivity contribution in [3.63, 3.8) is 0 Å². The van der Waals surface area contributed by atoms with E-state index in [2.05, 4.69) is 10.3 Å². The maximum Gasteiger partial charge on any atom is 0.244 e. The van der Waals surface area contributed by atoms with Crippen LogP contribution in [-0.4, -0.2) is 44.1 Å². The number of hydrogen-bond donors (Lipinski definition) is 1. The molecule has 1 saturated heterocycles. The molecule has 4 rings (SSSR count). The summed E-state index contributed by atoms with van der Waals surface area (Å²) in [6, 6.07) is 6.71. The third-order valence-electron chi connectivity index (χ3n) is 4.52. The second-order valence-electron chi connectivity index (χ2n) is 6.09. The van der Waals surface area contributed by atoms with Gasteiger partial charge < -0.3 is 14.8 Å². The summed E-state index contributed by atoms with van der Waals surface area (Å²) < 4.78 is 39.0. The lowest BCUT2D eigenvalue weighted by molar-refractivity contribution is 0.174. The lowest BCUT2D eigenvalue weighted by atomic mass is 10.1. The van der Waals surface area contributed by atoms with Gasteiger partial charge in [0.2, 0.25) is 16.8 Å². The number of nitrogens with one attached hydrogen (secondary N) is 1. The normalized spacial score (nSPS) is 19.8. The van der Waals surface area contributed by atoms with Gasteiger partial charge in [0.15, 0.2) is 11.5 Å². The molecular formula is C17H20ClN3O4S. The first-order valence-corrected chi connectivity index (χ1v) is 9.54. The Morgan fingerprint density at radius 1 is 1.27 bits per heavy atom. The maximum absolute atomic E-state index is 13.4.